The van der Waals surface area contributed by atoms with Crippen molar-refractivity contribution in [2.75, 3.05) is 23.2 Å². The van der Waals surface area contributed by atoms with E-state index >= 15 is 0 Å². The minimum atomic E-state index is -0.326. The molecule has 9 nitrogen and oxygen atoms in total. The Bertz CT molecular complexity index is 1220. The number of rotatable bonds is 8. The molecule has 1 heterocycles. The van der Waals surface area contributed by atoms with Crippen LogP contribution in [0.1, 0.15) is 10.4 Å². The van der Waals surface area contributed by atoms with Gasteiger partial charge in [-0.15, -0.1) is 0 Å². The van der Waals surface area contributed by atoms with Crippen molar-refractivity contribution in [1.82, 2.24) is 20.4 Å². The number of halogens is 1. The number of hydrazine groups is 1. The number of hydrogen-bond acceptors (Lipinski definition) is 8. The number of anilines is 5. The van der Waals surface area contributed by atoms with Gasteiger partial charge in [0.25, 0.3) is 5.91 Å². The third kappa shape index (κ3) is 6.08. The minimum Gasteiger partial charge on any atom is -0.497 e. The fraction of sp³-hybridized carbons (Fsp3) is 0.0435. The van der Waals surface area contributed by atoms with Crippen LogP contribution in [0.5, 0.6) is 5.75 Å². The van der Waals surface area contributed by atoms with Gasteiger partial charge in [0.2, 0.25) is 17.8 Å². The van der Waals surface area contributed by atoms with Gasteiger partial charge in [0.15, 0.2) is 0 Å². The van der Waals surface area contributed by atoms with E-state index in [0.29, 0.717) is 10.6 Å². The van der Waals surface area contributed by atoms with Crippen molar-refractivity contribution in [3.63, 3.8) is 0 Å². The Hall–Kier alpha value is -4.37. The molecule has 1 aromatic heterocycles. The molecule has 33 heavy (non-hydrogen) atoms. The molecule has 0 spiro atoms. The third-order valence-electron chi connectivity index (χ3n) is 4.41. The van der Waals surface area contributed by atoms with Crippen molar-refractivity contribution in [3.8, 4) is 5.75 Å². The van der Waals surface area contributed by atoms with Gasteiger partial charge in [0, 0.05) is 22.0 Å². The number of nitrogens with one attached hydrogen (secondary N) is 4. The lowest BCUT2D eigenvalue weighted by Crippen LogP contribution is -2.30. The van der Waals surface area contributed by atoms with E-state index in [4.69, 9.17) is 16.3 Å². The largest absolute Gasteiger partial charge is 0.497 e. The standard InChI is InChI=1S/C23H20ClN7O2/c1-33-19-13-11-18(12-14-19)26-22-27-21(25-17-9-7-16(24)8-10-17)28-23(29-22)31-30-20(32)15-5-3-2-4-6-15/h2-14H,1H3,(H,30,32)(H3,25,26,27,28,29,31). The van der Waals surface area contributed by atoms with Crippen molar-refractivity contribution in [1.29, 1.82) is 0 Å². The first-order valence-electron chi connectivity index (χ1n) is 9.90. The highest BCUT2D eigenvalue weighted by Crippen LogP contribution is 2.21. The van der Waals surface area contributed by atoms with Crippen LogP contribution >= 0.6 is 11.6 Å². The van der Waals surface area contributed by atoms with E-state index in [9.17, 15) is 4.79 Å². The zero-order valence-corrected chi connectivity index (χ0v) is 18.3. The topological polar surface area (TPSA) is 113 Å². The predicted molar refractivity (Wildman–Crippen MR) is 128 cm³/mol. The summed E-state index contributed by atoms with van der Waals surface area (Å²) in [5.74, 6) is 1.07. The van der Waals surface area contributed by atoms with Crippen LogP contribution in [-0.2, 0) is 0 Å². The van der Waals surface area contributed by atoms with E-state index < -0.39 is 0 Å². The molecule has 0 radical (unpaired) electrons. The molecule has 166 valence electrons. The monoisotopic (exact) mass is 461 g/mol. The van der Waals surface area contributed by atoms with Crippen molar-refractivity contribution >= 4 is 46.7 Å². The van der Waals surface area contributed by atoms with Crippen LogP contribution in [0.25, 0.3) is 0 Å². The van der Waals surface area contributed by atoms with E-state index in [0.717, 1.165) is 17.1 Å². The number of hydrogen-bond donors (Lipinski definition) is 4. The number of nitrogens with zero attached hydrogens (tertiary/aromatic N) is 3. The van der Waals surface area contributed by atoms with Gasteiger partial charge >= 0.3 is 0 Å². The lowest BCUT2D eigenvalue weighted by atomic mass is 10.2. The molecule has 10 heteroatoms. The molecule has 0 fully saturated rings. The SMILES string of the molecule is COc1ccc(Nc2nc(NNC(=O)c3ccccc3)nc(Nc3ccc(Cl)cc3)n2)cc1. The van der Waals surface area contributed by atoms with Crippen LogP contribution in [0, 0.1) is 0 Å². The summed E-state index contributed by atoms with van der Waals surface area (Å²) in [7, 11) is 1.60. The third-order valence-corrected chi connectivity index (χ3v) is 4.66. The zero-order valence-electron chi connectivity index (χ0n) is 17.5. The lowest BCUT2D eigenvalue weighted by Gasteiger charge is -2.12. The molecule has 4 aromatic rings. The summed E-state index contributed by atoms with van der Waals surface area (Å²) in [6, 6.07) is 23.2. The van der Waals surface area contributed by atoms with Gasteiger partial charge in [-0.05, 0) is 60.7 Å². The molecule has 0 bridgehead atoms. The lowest BCUT2D eigenvalue weighted by molar-refractivity contribution is 0.0962. The average Bonchev–Trinajstić information content (AvgIpc) is 2.85. The highest BCUT2D eigenvalue weighted by Gasteiger charge is 2.10. The number of carbonyl (C=O) groups excluding carboxylic acids is 1. The Morgan fingerprint density at radius 1 is 0.758 bits per heavy atom. The van der Waals surface area contributed by atoms with Crippen LogP contribution in [0.2, 0.25) is 5.02 Å². The second kappa shape index (κ2) is 10.3. The molecule has 0 atom stereocenters. The molecule has 0 aliphatic heterocycles. The second-order valence-electron chi connectivity index (χ2n) is 6.74. The number of aromatic nitrogens is 3. The van der Waals surface area contributed by atoms with Gasteiger partial charge in [-0.3, -0.25) is 15.6 Å². The first-order valence-corrected chi connectivity index (χ1v) is 10.3. The summed E-state index contributed by atoms with van der Waals surface area (Å²) in [5, 5.41) is 6.84. The van der Waals surface area contributed by atoms with Gasteiger partial charge in [-0.2, -0.15) is 15.0 Å². The molecule has 4 rings (SSSR count). The molecule has 3 aromatic carbocycles. The first kappa shape index (κ1) is 21.8. The maximum absolute atomic E-state index is 12.4. The Morgan fingerprint density at radius 2 is 1.30 bits per heavy atom. The predicted octanol–water partition coefficient (Wildman–Crippen LogP) is 4.78. The maximum Gasteiger partial charge on any atom is 0.269 e. The number of benzene rings is 3. The van der Waals surface area contributed by atoms with Crippen molar-refractivity contribution in [2.24, 2.45) is 0 Å². The average molecular weight is 462 g/mol. The maximum atomic E-state index is 12.4. The summed E-state index contributed by atoms with van der Waals surface area (Å²) in [6.45, 7) is 0. The Morgan fingerprint density at radius 3 is 1.88 bits per heavy atom. The van der Waals surface area contributed by atoms with E-state index in [1.165, 1.54) is 0 Å². The molecule has 0 aliphatic carbocycles. The van der Waals surface area contributed by atoms with Crippen molar-refractivity contribution in [2.45, 2.75) is 0 Å². The summed E-state index contributed by atoms with van der Waals surface area (Å²) in [6.07, 6.45) is 0. The number of ether oxygens (including phenoxy) is 1. The van der Waals surface area contributed by atoms with Crippen LogP contribution in [0.15, 0.2) is 78.9 Å². The molecule has 0 unspecified atom stereocenters. The second-order valence-corrected chi connectivity index (χ2v) is 7.17. The normalized spacial score (nSPS) is 10.2. The zero-order chi connectivity index (χ0) is 23.0. The molecule has 1 amide bonds. The molecule has 0 saturated heterocycles. The van der Waals surface area contributed by atoms with Gasteiger partial charge in [-0.1, -0.05) is 29.8 Å². The van der Waals surface area contributed by atoms with Gasteiger partial charge in [-0.25, -0.2) is 0 Å². The minimum absolute atomic E-state index is 0.141. The van der Waals surface area contributed by atoms with Crippen LogP contribution < -0.4 is 26.2 Å². The highest BCUT2D eigenvalue weighted by molar-refractivity contribution is 6.30. The number of methoxy groups -OCH3 is 1. The summed E-state index contributed by atoms with van der Waals surface area (Å²) >= 11 is 5.96. The van der Waals surface area contributed by atoms with E-state index in [1.54, 1.807) is 55.6 Å². The smallest absolute Gasteiger partial charge is 0.269 e. The van der Waals surface area contributed by atoms with Crippen molar-refractivity contribution in [3.05, 3.63) is 89.4 Å². The highest BCUT2D eigenvalue weighted by atomic mass is 35.5. The first-order chi connectivity index (χ1) is 16.1. The van der Waals surface area contributed by atoms with Crippen molar-refractivity contribution < 1.29 is 9.53 Å². The quantitative estimate of drug-likeness (QED) is 0.277. The van der Waals surface area contributed by atoms with Gasteiger partial charge < -0.3 is 15.4 Å². The summed E-state index contributed by atoms with van der Waals surface area (Å²) in [4.78, 5) is 25.4. The Kier molecular flexibility index (Phi) is 6.81. The summed E-state index contributed by atoms with van der Waals surface area (Å²) < 4.78 is 5.18. The number of carbonyl (C=O) groups is 1. The van der Waals surface area contributed by atoms with E-state index in [1.807, 2.05) is 30.3 Å². The fourth-order valence-electron chi connectivity index (χ4n) is 2.78. The van der Waals surface area contributed by atoms with Gasteiger partial charge in [0.1, 0.15) is 5.75 Å². The van der Waals surface area contributed by atoms with Crippen LogP contribution in [0.4, 0.5) is 29.2 Å². The Balaban J connectivity index is 1.56. The molecular formula is C23H20ClN7O2. The molecule has 0 aliphatic rings. The summed E-state index contributed by atoms with van der Waals surface area (Å²) in [5.41, 5.74) is 7.31. The van der Waals surface area contributed by atoms with E-state index in [-0.39, 0.29) is 23.8 Å². The van der Waals surface area contributed by atoms with Gasteiger partial charge in [0.05, 0.1) is 7.11 Å². The fourth-order valence-corrected chi connectivity index (χ4v) is 2.91. The van der Waals surface area contributed by atoms with E-state index in [2.05, 4.69) is 36.4 Å². The molecule has 4 N–H and O–H groups in total. The Labute approximate surface area is 195 Å². The molecular weight excluding hydrogens is 442 g/mol. The van der Waals surface area contributed by atoms with Crippen LogP contribution in [0.3, 0.4) is 0 Å². The van der Waals surface area contributed by atoms with Crippen LogP contribution in [-0.4, -0.2) is 28.0 Å². The number of amides is 1. The molecule has 0 saturated carbocycles.